The number of aliphatic imine (C=N–C) groups is 1. The van der Waals surface area contributed by atoms with Gasteiger partial charge in [0.15, 0.2) is 5.96 Å². The van der Waals surface area contributed by atoms with E-state index in [4.69, 9.17) is 10.5 Å². The number of unbranched alkanes of at least 4 members (excludes halogenated alkanes) is 1. The molecule has 0 atom stereocenters. The van der Waals surface area contributed by atoms with Gasteiger partial charge in [0, 0.05) is 57.5 Å². The lowest BCUT2D eigenvalue weighted by molar-refractivity contribution is 0.0963. The van der Waals surface area contributed by atoms with Crippen LogP contribution in [0.1, 0.15) is 32.6 Å². The Hall–Kier alpha value is -2.48. The van der Waals surface area contributed by atoms with Crippen LogP contribution in [0, 0.1) is 0 Å². The van der Waals surface area contributed by atoms with Gasteiger partial charge in [-0.1, -0.05) is 18.2 Å². The molecule has 0 unspecified atom stereocenters. The Kier molecular flexibility index (Phi) is 9.27. The highest BCUT2D eigenvalue weighted by Gasteiger charge is 2.23. The van der Waals surface area contributed by atoms with Crippen LogP contribution in [0.3, 0.4) is 0 Å². The van der Waals surface area contributed by atoms with Crippen molar-refractivity contribution in [3.63, 3.8) is 0 Å². The molecule has 0 aliphatic carbocycles. The van der Waals surface area contributed by atoms with Crippen molar-refractivity contribution in [1.82, 2.24) is 15.1 Å². The molecule has 2 heterocycles. The van der Waals surface area contributed by atoms with Crippen LogP contribution in [0.4, 0.5) is 10.5 Å². The molecule has 8 nitrogen and oxygen atoms in total. The van der Waals surface area contributed by atoms with Gasteiger partial charge < -0.3 is 25.6 Å². The highest BCUT2D eigenvalue weighted by molar-refractivity contribution is 5.78. The molecule has 0 spiro atoms. The molecule has 2 aliphatic heterocycles. The van der Waals surface area contributed by atoms with Crippen molar-refractivity contribution in [2.45, 2.75) is 38.6 Å². The first kappa shape index (κ1) is 23.2. The third-order valence-corrected chi connectivity index (χ3v) is 6.03. The second kappa shape index (κ2) is 12.4. The fourth-order valence-corrected chi connectivity index (χ4v) is 4.19. The standard InChI is InChI=1S/C23H38N6O2/c1-2-31-23(30)29-14-10-20(11-15-29)26-22(24)25-12-6-7-13-27-16-18-28(19-17-27)21-8-4-3-5-9-21/h3-5,8-9,20H,2,6-7,10-19H2,1H3,(H3,24,25,26). The van der Waals surface area contributed by atoms with E-state index in [9.17, 15) is 4.79 Å². The van der Waals surface area contributed by atoms with Gasteiger partial charge in [0.1, 0.15) is 0 Å². The average molecular weight is 431 g/mol. The minimum Gasteiger partial charge on any atom is -0.450 e. The van der Waals surface area contributed by atoms with E-state index in [0.717, 1.165) is 65.0 Å². The fourth-order valence-electron chi connectivity index (χ4n) is 4.19. The van der Waals surface area contributed by atoms with Gasteiger partial charge in [0.25, 0.3) is 0 Å². The van der Waals surface area contributed by atoms with Crippen molar-refractivity contribution in [3.05, 3.63) is 30.3 Å². The number of nitrogens with one attached hydrogen (secondary N) is 1. The first-order valence-electron chi connectivity index (χ1n) is 11.7. The summed E-state index contributed by atoms with van der Waals surface area (Å²) in [6.45, 7) is 9.93. The minimum atomic E-state index is -0.218. The van der Waals surface area contributed by atoms with Crippen LogP contribution in [-0.4, -0.2) is 86.9 Å². The van der Waals surface area contributed by atoms with Crippen LogP contribution in [0.2, 0.25) is 0 Å². The predicted molar refractivity (Wildman–Crippen MR) is 126 cm³/mol. The molecule has 0 bridgehead atoms. The Balaban J connectivity index is 1.24. The van der Waals surface area contributed by atoms with Crippen LogP contribution in [-0.2, 0) is 4.74 Å². The molecular weight excluding hydrogens is 392 g/mol. The van der Waals surface area contributed by atoms with Gasteiger partial charge in [0.05, 0.1) is 6.61 Å². The smallest absolute Gasteiger partial charge is 0.409 e. The number of carbonyl (C=O) groups excluding carboxylic acids is 1. The molecule has 1 amide bonds. The maximum absolute atomic E-state index is 11.8. The molecule has 1 aromatic rings. The monoisotopic (exact) mass is 430 g/mol. The first-order valence-corrected chi connectivity index (χ1v) is 11.7. The average Bonchev–Trinajstić information content (AvgIpc) is 2.80. The number of nitrogens with two attached hydrogens (primary N) is 1. The van der Waals surface area contributed by atoms with Gasteiger partial charge in [-0.25, -0.2) is 4.79 Å². The Morgan fingerprint density at radius 1 is 1.10 bits per heavy atom. The lowest BCUT2D eigenvalue weighted by Gasteiger charge is -2.36. The summed E-state index contributed by atoms with van der Waals surface area (Å²) in [6, 6.07) is 10.9. The highest BCUT2D eigenvalue weighted by Crippen LogP contribution is 2.15. The van der Waals surface area contributed by atoms with Crippen molar-refractivity contribution < 1.29 is 9.53 Å². The van der Waals surface area contributed by atoms with Gasteiger partial charge in [-0.3, -0.25) is 9.89 Å². The Labute approximate surface area is 186 Å². The number of guanidine groups is 1. The summed E-state index contributed by atoms with van der Waals surface area (Å²) in [6.07, 6.45) is 3.69. The number of rotatable bonds is 8. The predicted octanol–water partition coefficient (Wildman–Crippen LogP) is 2.11. The second-order valence-corrected chi connectivity index (χ2v) is 8.24. The molecule has 0 radical (unpaired) electrons. The minimum absolute atomic E-state index is 0.218. The van der Waals surface area contributed by atoms with Crippen molar-refractivity contribution >= 4 is 17.7 Å². The van der Waals surface area contributed by atoms with Crippen LogP contribution in [0.25, 0.3) is 0 Å². The summed E-state index contributed by atoms with van der Waals surface area (Å²) in [5.41, 5.74) is 7.39. The molecule has 1 aromatic carbocycles. The molecule has 2 saturated heterocycles. The van der Waals surface area contributed by atoms with E-state index in [1.807, 2.05) is 6.92 Å². The van der Waals surface area contributed by atoms with Gasteiger partial charge in [-0.2, -0.15) is 0 Å². The van der Waals surface area contributed by atoms with E-state index in [1.54, 1.807) is 4.90 Å². The molecule has 2 aliphatic rings. The number of ether oxygens (including phenoxy) is 1. The number of piperidine rings is 1. The quantitative estimate of drug-likeness (QED) is 0.373. The molecule has 172 valence electrons. The Bertz CT molecular complexity index is 683. The van der Waals surface area contributed by atoms with E-state index >= 15 is 0 Å². The number of nitrogens with zero attached hydrogens (tertiary/aromatic N) is 4. The van der Waals surface area contributed by atoms with Gasteiger partial charge in [-0.15, -0.1) is 0 Å². The Morgan fingerprint density at radius 2 is 1.81 bits per heavy atom. The summed E-state index contributed by atoms with van der Waals surface area (Å²) < 4.78 is 5.06. The zero-order chi connectivity index (χ0) is 21.9. The number of carbonyl (C=O) groups is 1. The van der Waals surface area contributed by atoms with Gasteiger partial charge in [0.2, 0.25) is 0 Å². The number of piperazine rings is 1. The van der Waals surface area contributed by atoms with Crippen LogP contribution >= 0.6 is 0 Å². The molecular formula is C23H38N6O2. The van der Waals surface area contributed by atoms with E-state index in [-0.39, 0.29) is 12.1 Å². The summed E-state index contributed by atoms with van der Waals surface area (Å²) in [7, 11) is 0. The normalized spacial score (nSPS) is 18.8. The lowest BCUT2D eigenvalue weighted by atomic mass is 10.1. The summed E-state index contributed by atoms with van der Waals surface area (Å²) in [4.78, 5) is 23.0. The van der Waals surface area contributed by atoms with Gasteiger partial charge >= 0.3 is 6.09 Å². The highest BCUT2D eigenvalue weighted by atomic mass is 16.6. The number of hydrogen-bond acceptors (Lipinski definition) is 5. The lowest BCUT2D eigenvalue weighted by Crippen LogP contribution is -2.48. The van der Waals surface area contributed by atoms with Crippen molar-refractivity contribution in [2.75, 3.05) is 63.9 Å². The number of hydrogen-bond donors (Lipinski definition) is 2. The summed E-state index contributed by atoms with van der Waals surface area (Å²) in [5, 5.41) is 3.30. The van der Waals surface area contributed by atoms with Crippen LogP contribution < -0.4 is 16.0 Å². The molecule has 31 heavy (non-hydrogen) atoms. The van der Waals surface area contributed by atoms with Crippen molar-refractivity contribution in [1.29, 1.82) is 0 Å². The largest absolute Gasteiger partial charge is 0.450 e. The fraction of sp³-hybridized carbons (Fsp3) is 0.652. The van der Waals surface area contributed by atoms with E-state index < -0.39 is 0 Å². The van der Waals surface area contributed by atoms with Crippen LogP contribution in [0.5, 0.6) is 0 Å². The number of likely N-dealkylation sites (tertiary alicyclic amines) is 1. The molecule has 3 N–H and O–H groups in total. The maximum Gasteiger partial charge on any atom is 0.409 e. The zero-order valence-electron chi connectivity index (χ0n) is 18.8. The van der Waals surface area contributed by atoms with Crippen LogP contribution in [0.15, 0.2) is 35.3 Å². The number of anilines is 1. The second-order valence-electron chi connectivity index (χ2n) is 8.24. The number of benzene rings is 1. The molecule has 0 aromatic heterocycles. The Morgan fingerprint density at radius 3 is 2.48 bits per heavy atom. The number of amides is 1. The topological polar surface area (TPSA) is 86.4 Å². The van der Waals surface area contributed by atoms with E-state index in [2.05, 4.69) is 50.4 Å². The van der Waals surface area contributed by atoms with E-state index in [1.165, 1.54) is 5.69 Å². The SMILES string of the molecule is CCOC(=O)N1CCC(NC(N)=NCCCCN2CCN(c3ccccc3)CC2)CC1. The van der Waals surface area contributed by atoms with E-state index in [0.29, 0.717) is 25.7 Å². The molecule has 2 fully saturated rings. The molecule has 0 saturated carbocycles. The first-order chi connectivity index (χ1) is 15.2. The molecule has 8 heteroatoms. The number of para-hydroxylation sites is 1. The summed E-state index contributed by atoms with van der Waals surface area (Å²) >= 11 is 0. The molecule has 3 rings (SSSR count). The third kappa shape index (κ3) is 7.61. The van der Waals surface area contributed by atoms with Crippen molar-refractivity contribution in [3.8, 4) is 0 Å². The summed E-state index contributed by atoms with van der Waals surface area (Å²) in [5.74, 6) is 0.520. The van der Waals surface area contributed by atoms with Crippen molar-refractivity contribution in [2.24, 2.45) is 10.7 Å². The maximum atomic E-state index is 11.8. The third-order valence-electron chi connectivity index (χ3n) is 6.03. The zero-order valence-corrected chi connectivity index (χ0v) is 18.8. The van der Waals surface area contributed by atoms with Gasteiger partial charge in [-0.05, 0) is 51.3 Å².